The lowest BCUT2D eigenvalue weighted by atomic mass is 9.94. The lowest BCUT2D eigenvalue weighted by molar-refractivity contribution is -0.131. The second kappa shape index (κ2) is 16.6. The summed E-state index contributed by atoms with van der Waals surface area (Å²) >= 11 is 0. The first-order chi connectivity index (χ1) is 25.9. The number of halogens is 2. The van der Waals surface area contributed by atoms with Crippen LogP contribution in [0.2, 0.25) is 0 Å². The predicted octanol–water partition coefficient (Wildman–Crippen LogP) is 7.30. The molecule has 7 rings (SSSR count). The highest BCUT2D eigenvalue weighted by Crippen LogP contribution is 2.38. The van der Waals surface area contributed by atoms with Crippen LogP contribution in [0.3, 0.4) is 0 Å². The minimum atomic E-state index is -0.979. The number of fused-ring (bicyclic) bond motifs is 2. The third kappa shape index (κ3) is 7.64. The van der Waals surface area contributed by atoms with E-state index in [1.165, 1.54) is 11.1 Å². The van der Waals surface area contributed by atoms with Gasteiger partial charge in [0.15, 0.2) is 11.6 Å². The summed E-state index contributed by atoms with van der Waals surface area (Å²) in [5, 5.41) is 21.4. The third-order valence-corrected chi connectivity index (χ3v) is 9.69. The minimum absolute atomic E-state index is 0.00385. The molecule has 1 amide bonds. The summed E-state index contributed by atoms with van der Waals surface area (Å²) in [4.78, 5) is 32.2. The fourth-order valence-corrected chi connectivity index (χ4v) is 7.04. The van der Waals surface area contributed by atoms with Gasteiger partial charge in [0.1, 0.15) is 17.9 Å². The highest BCUT2D eigenvalue weighted by molar-refractivity contribution is 6.03. The molecular weight excluding hydrogens is 675 g/mol. The topological polar surface area (TPSA) is 122 Å². The zero-order chi connectivity index (χ0) is 37.5. The van der Waals surface area contributed by atoms with E-state index in [0.29, 0.717) is 40.0 Å². The van der Waals surface area contributed by atoms with Crippen molar-refractivity contribution in [3.8, 4) is 29.3 Å². The molecule has 2 atom stereocenters. The first-order valence-corrected chi connectivity index (χ1v) is 17.8. The van der Waals surface area contributed by atoms with Crippen molar-refractivity contribution in [3.63, 3.8) is 0 Å². The van der Waals surface area contributed by atoms with Crippen molar-refractivity contribution in [2.45, 2.75) is 45.2 Å². The summed E-state index contributed by atoms with van der Waals surface area (Å²) in [5.74, 6) is -2.02. The van der Waals surface area contributed by atoms with Gasteiger partial charge in [-0.05, 0) is 61.6 Å². The number of anilines is 1. The van der Waals surface area contributed by atoms with Gasteiger partial charge >= 0.3 is 6.01 Å². The average Bonchev–Trinajstić information content (AvgIpc) is 3.61. The molecule has 12 heteroatoms. The number of nitriles is 2. The summed E-state index contributed by atoms with van der Waals surface area (Å²) in [6.07, 6.45) is 4.53. The molecule has 2 aliphatic heterocycles. The number of piperazine rings is 1. The van der Waals surface area contributed by atoms with Crippen molar-refractivity contribution in [1.82, 2.24) is 24.8 Å². The number of benzene rings is 3. The maximum Gasteiger partial charge on any atom is 0.319 e. The Hall–Kier alpha value is -5.98. The van der Waals surface area contributed by atoms with Crippen LogP contribution < -0.4 is 9.64 Å². The fraction of sp³-hybridized carbons (Fsp3) is 0.317. The third-order valence-electron chi connectivity index (χ3n) is 9.69. The molecule has 0 radical (unpaired) electrons. The van der Waals surface area contributed by atoms with Crippen LogP contribution in [0.15, 0.2) is 78.8 Å². The van der Waals surface area contributed by atoms with Gasteiger partial charge in [-0.15, -0.1) is 0 Å². The lowest BCUT2D eigenvalue weighted by Gasteiger charge is -2.41. The Morgan fingerprint density at radius 1 is 0.981 bits per heavy atom. The van der Waals surface area contributed by atoms with Gasteiger partial charge in [0.05, 0.1) is 35.9 Å². The Morgan fingerprint density at radius 3 is 2.51 bits per heavy atom. The number of hydrogen-bond donors (Lipinski definition) is 0. The first kappa shape index (κ1) is 36.8. The average molecular weight is 715 g/mol. The van der Waals surface area contributed by atoms with Crippen LogP contribution in [0.25, 0.3) is 38.9 Å². The summed E-state index contributed by atoms with van der Waals surface area (Å²) in [7, 11) is 2.03. The van der Waals surface area contributed by atoms with E-state index >= 15 is 8.78 Å². The van der Waals surface area contributed by atoms with Crippen molar-refractivity contribution in [1.29, 1.82) is 10.5 Å². The number of rotatable bonds is 8. The summed E-state index contributed by atoms with van der Waals surface area (Å²) < 4.78 is 38.2. The number of aromatic nitrogens is 3. The molecule has 0 aliphatic carbocycles. The van der Waals surface area contributed by atoms with Gasteiger partial charge in [-0.3, -0.25) is 9.78 Å². The smallest absolute Gasteiger partial charge is 0.319 e. The van der Waals surface area contributed by atoms with Crippen LogP contribution in [0.5, 0.6) is 6.01 Å². The molecular formula is C41H40F2N8O2. The molecule has 53 heavy (non-hydrogen) atoms. The molecule has 3 aromatic carbocycles. The highest BCUT2D eigenvalue weighted by Gasteiger charge is 2.34. The zero-order valence-corrected chi connectivity index (χ0v) is 30.0. The van der Waals surface area contributed by atoms with Gasteiger partial charge in [0.25, 0.3) is 5.91 Å². The molecule has 0 saturated carbocycles. The van der Waals surface area contributed by atoms with Gasteiger partial charge in [-0.1, -0.05) is 56.3 Å². The standard InChI is InChI=1S/C39H34F2N8O2.C2H6/c1-47-18-6-11-29(47)24-51-39-45-36-32(14-13-31(35(36)41)30-12-5-8-25-7-4-9-26(22-43)34(25)30)37(46-39)48-19-20-49(28(23-48)15-16-42)38(50)33(40)21-27-10-2-3-17-44-27;1-2/h2-5,7-10,12-14,17,21,28-29H,6,11,15,18-20,23-24H2,1H3;1-2H3/b33-21-;. The van der Waals surface area contributed by atoms with Gasteiger partial charge in [-0.25, -0.2) is 8.78 Å². The van der Waals surface area contributed by atoms with E-state index in [9.17, 15) is 15.3 Å². The van der Waals surface area contributed by atoms with Crippen molar-refractivity contribution in [2.24, 2.45) is 0 Å². The number of ether oxygens (including phenoxy) is 1. The number of carbonyl (C=O) groups is 1. The summed E-state index contributed by atoms with van der Waals surface area (Å²) in [5.41, 5.74) is 1.60. The van der Waals surface area contributed by atoms with Crippen molar-refractivity contribution < 1.29 is 18.3 Å². The van der Waals surface area contributed by atoms with Crippen LogP contribution in [-0.2, 0) is 4.79 Å². The van der Waals surface area contributed by atoms with E-state index in [1.807, 2.05) is 44.0 Å². The van der Waals surface area contributed by atoms with Gasteiger partial charge < -0.3 is 19.4 Å². The second-order valence-corrected chi connectivity index (χ2v) is 12.8. The molecule has 0 bridgehead atoms. The number of likely N-dealkylation sites (N-methyl/N-ethyl adjacent to an activating group) is 1. The molecule has 2 saturated heterocycles. The summed E-state index contributed by atoms with van der Waals surface area (Å²) in [6.45, 7) is 5.74. The normalized spacial score (nSPS) is 17.6. The van der Waals surface area contributed by atoms with Crippen molar-refractivity contribution >= 4 is 39.5 Å². The Kier molecular flexibility index (Phi) is 11.5. The Bertz CT molecular complexity index is 2230. The lowest BCUT2D eigenvalue weighted by Crippen LogP contribution is -2.55. The molecule has 0 N–H and O–H groups in total. The number of nitrogens with zero attached hydrogens (tertiary/aromatic N) is 8. The van der Waals surface area contributed by atoms with Crippen LogP contribution in [0, 0.1) is 28.5 Å². The quantitative estimate of drug-likeness (QED) is 0.153. The number of carbonyl (C=O) groups excluding carboxylic acids is 1. The SMILES string of the molecule is CC.CN1CCCC1COc1nc(N2CCN(C(=O)/C(F)=C/c3ccccn3)C(CC#N)C2)c2ccc(-c3cccc4cccc(C#N)c34)c(F)c2n1. The molecule has 10 nitrogen and oxygen atoms in total. The molecule has 2 aromatic heterocycles. The van der Waals surface area contributed by atoms with Crippen LogP contribution in [0.4, 0.5) is 14.6 Å². The molecule has 2 unspecified atom stereocenters. The van der Waals surface area contributed by atoms with E-state index in [-0.39, 0.29) is 49.2 Å². The molecule has 270 valence electrons. The number of likely N-dealkylation sites (tertiary alicyclic amines) is 1. The molecule has 2 fully saturated rings. The molecule has 5 aromatic rings. The van der Waals surface area contributed by atoms with Crippen molar-refractivity contribution in [2.75, 3.05) is 44.7 Å². The van der Waals surface area contributed by atoms with Gasteiger partial charge in [-0.2, -0.15) is 20.5 Å². The van der Waals surface area contributed by atoms with E-state index in [2.05, 4.69) is 27.0 Å². The van der Waals surface area contributed by atoms with Gasteiger partial charge in [0, 0.05) is 54.3 Å². The van der Waals surface area contributed by atoms with E-state index in [0.717, 1.165) is 30.8 Å². The molecule has 2 aliphatic rings. The maximum absolute atomic E-state index is 16.9. The first-order valence-electron chi connectivity index (χ1n) is 17.8. The van der Waals surface area contributed by atoms with Crippen molar-refractivity contribution in [3.05, 3.63) is 95.8 Å². The number of amides is 1. The number of hydrogen-bond acceptors (Lipinski definition) is 9. The van der Waals surface area contributed by atoms with Crippen LogP contribution in [-0.4, -0.2) is 82.6 Å². The molecule has 4 heterocycles. The minimum Gasteiger partial charge on any atom is -0.462 e. The molecule has 0 spiro atoms. The second-order valence-electron chi connectivity index (χ2n) is 12.8. The summed E-state index contributed by atoms with van der Waals surface area (Å²) in [6, 6.07) is 23.1. The van der Waals surface area contributed by atoms with Crippen LogP contribution in [0.1, 0.15) is 44.4 Å². The van der Waals surface area contributed by atoms with Crippen LogP contribution >= 0.6 is 0 Å². The van der Waals surface area contributed by atoms with E-state index < -0.39 is 23.6 Å². The predicted molar refractivity (Wildman–Crippen MR) is 201 cm³/mol. The number of pyridine rings is 1. The fourth-order valence-electron chi connectivity index (χ4n) is 7.04. The Balaban J connectivity index is 0.00000236. The van der Waals surface area contributed by atoms with E-state index in [1.54, 1.807) is 48.5 Å². The maximum atomic E-state index is 16.9. The Labute approximate surface area is 307 Å². The van der Waals surface area contributed by atoms with Gasteiger partial charge in [0.2, 0.25) is 0 Å². The largest absolute Gasteiger partial charge is 0.462 e. The monoisotopic (exact) mass is 714 g/mol. The van der Waals surface area contributed by atoms with E-state index in [4.69, 9.17) is 9.72 Å². The highest BCUT2D eigenvalue weighted by atomic mass is 19.1. The zero-order valence-electron chi connectivity index (χ0n) is 30.0. The Morgan fingerprint density at radius 2 is 1.79 bits per heavy atom.